The molecule has 1 aromatic carbocycles. The van der Waals surface area contributed by atoms with Crippen LogP contribution < -0.4 is 5.73 Å². The second kappa shape index (κ2) is 6.57. The lowest BCUT2D eigenvalue weighted by Gasteiger charge is -2.07. The molecule has 0 bridgehead atoms. The molecular weight excluding hydrogens is 224 g/mol. The van der Waals surface area contributed by atoms with Crippen molar-refractivity contribution in [3.05, 3.63) is 36.0 Å². The predicted molar refractivity (Wildman–Crippen MR) is 75.8 cm³/mol. The Bertz CT molecular complexity index is 490. The fraction of sp³-hybridized carbons (Fsp3) is 0.467. The first-order valence-electron chi connectivity index (χ1n) is 6.70. The summed E-state index contributed by atoms with van der Waals surface area (Å²) >= 11 is 0. The zero-order valence-electron chi connectivity index (χ0n) is 11.1. The van der Waals surface area contributed by atoms with Crippen LogP contribution in [0.2, 0.25) is 0 Å². The van der Waals surface area contributed by atoms with E-state index >= 15 is 0 Å². The van der Waals surface area contributed by atoms with Gasteiger partial charge in [-0.3, -0.25) is 0 Å². The highest BCUT2D eigenvalue weighted by Gasteiger charge is 2.02. The second-order valence-electron chi connectivity index (χ2n) is 4.55. The summed E-state index contributed by atoms with van der Waals surface area (Å²) in [6.45, 7) is 5.36. The number of hydrogen-bond donors (Lipinski definition) is 1. The molecule has 2 N–H and O–H groups in total. The Hall–Kier alpha value is -1.32. The molecule has 0 saturated carbocycles. The normalized spacial score (nSPS) is 11.2. The van der Waals surface area contributed by atoms with Gasteiger partial charge in [0.2, 0.25) is 0 Å². The average molecular weight is 246 g/mol. The van der Waals surface area contributed by atoms with Crippen LogP contribution in [0.3, 0.4) is 0 Å². The number of nitrogens with zero attached hydrogens (tertiary/aromatic N) is 1. The summed E-state index contributed by atoms with van der Waals surface area (Å²) in [7, 11) is 0. The van der Waals surface area contributed by atoms with Crippen LogP contribution in [-0.2, 0) is 17.7 Å². The van der Waals surface area contributed by atoms with Crippen molar-refractivity contribution < 1.29 is 4.74 Å². The molecule has 2 rings (SSSR count). The molecule has 3 heteroatoms. The lowest BCUT2D eigenvalue weighted by atomic mass is 10.1. The fourth-order valence-electron chi connectivity index (χ4n) is 2.16. The van der Waals surface area contributed by atoms with Crippen molar-refractivity contribution in [2.75, 3.05) is 19.8 Å². The number of ether oxygens (including phenoxy) is 1. The monoisotopic (exact) mass is 246 g/mol. The highest BCUT2D eigenvalue weighted by atomic mass is 16.5. The fourth-order valence-corrected chi connectivity index (χ4v) is 2.16. The van der Waals surface area contributed by atoms with Gasteiger partial charge in [0, 0.05) is 24.9 Å². The van der Waals surface area contributed by atoms with E-state index in [2.05, 4.69) is 42.0 Å². The van der Waals surface area contributed by atoms with Gasteiger partial charge in [0.25, 0.3) is 0 Å². The van der Waals surface area contributed by atoms with Crippen LogP contribution >= 0.6 is 0 Å². The Labute approximate surface area is 109 Å². The summed E-state index contributed by atoms with van der Waals surface area (Å²) in [4.78, 5) is 0. The molecule has 0 aliphatic carbocycles. The van der Waals surface area contributed by atoms with Crippen molar-refractivity contribution in [3.8, 4) is 0 Å². The molecule has 0 spiro atoms. The number of nitrogens with two attached hydrogens (primary N) is 1. The van der Waals surface area contributed by atoms with Crippen molar-refractivity contribution in [1.82, 2.24) is 4.57 Å². The van der Waals surface area contributed by atoms with E-state index in [1.807, 2.05) is 0 Å². The van der Waals surface area contributed by atoms with Crippen molar-refractivity contribution in [2.24, 2.45) is 5.73 Å². The van der Waals surface area contributed by atoms with E-state index in [1.54, 1.807) is 0 Å². The maximum atomic E-state index is 5.60. The van der Waals surface area contributed by atoms with E-state index < -0.39 is 0 Å². The maximum Gasteiger partial charge on any atom is 0.0645 e. The van der Waals surface area contributed by atoms with Gasteiger partial charge in [0.05, 0.1) is 6.61 Å². The second-order valence-corrected chi connectivity index (χ2v) is 4.55. The summed E-state index contributed by atoms with van der Waals surface area (Å²) in [6.07, 6.45) is 4.15. The molecule has 1 heterocycles. The molecule has 0 unspecified atom stereocenters. The minimum Gasteiger partial charge on any atom is -0.380 e. The maximum absolute atomic E-state index is 5.60. The number of aromatic nitrogens is 1. The van der Waals surface area contributed by atoms with E-state index in [0.29, 0.717) is 6.54 Å². The molecule has 2 aromatic rings. The van der Waals surface area contributed by atoms with Gasteiger partial charge in [0.1, 0.15) is 0 Å². The topological polar surface area (TPSA) is 40.2 Å². The molecule has 1 aromatic heterocycles. The first-order chi connectivity index (χ1) is 8.85. The summed E-state index contributed by atoms with van der Waals surface area (Å²) in [5.74, 6) is 0. The van der Waals surface area contributed by atoms with Gasteiger partial charge in [-0.05, 0) is 42.5 Å². The van der Waals surface area contributed by atoms with E-state index in [-0.39, 0.29) is 0 Å². The Morgan fingerprint density at radius 2 is 2.11 bits per heavy atom. The number of benzene rings is 1. The SMILES string of the molecule is CCCOCCn1ccc2ccc(CCN)cc21. The molecular formula is C15H22N2O. The Kier molecular flexibility index (Phi) is 4.79. The van der Waals surface area contributed by atoms with Crippen molar-refractivity contribution >= 4 is 10.9 Å². The lowest BCUT2D eigenvalue weighted by Crippen LogP contribution is -2.06. The third kappa shape index (κ3) is 3.12. The summed E-state index contributed by atoms with van der Waals surface area (Å²) < 4.78 is 7.80. The van der Waals surface area contributed by atoms with E-state index in [9.17, 15) is 0 Å². The van der Waals surface area contributed by atoms with Crippen LogP contribution in [0, 0.1) is 0 Å². The van der Waals surface area contributed by atoms with Gasteiger partial charge in [-0.25, -0.2) is 0 Å². The minimum absolute atomic E-state index is 0.700. The molecule has 0 saturated heterocycles. The third-order valence-electron chi connectivity index (χ3n) is 3.10. The van der Waals surface area contributed by atoms with Crippen molar-refractivity contribution in [3.63, 3.8) is 0 Å². The average Bonchev–Trinajstić information content (AvgIpc) is 2.78. The Morgan fingerprint density at radius 3 is 2.89 bits per heavy atom. The summed E-state index contributed by atoms with van der Waals surface area (Å²) in [5.41, 5.74) is 8.19. The van der Waals surface area contributed by atoms with Crippen LogP contribution in [0.4, 0.5) is 0 Å². The summed E-state index contributed by atoms with van der Waals surface area (Å²) in [5, 5.41) is 1.28. The van der Waals surface area contributed by atoms with Gasteiger partial charge >= 0.3 is 0 Å². The third-order valence-corrected chi connectivity index (χ3v) is 3.10. The van der Waals surface area contributed by atoms with Gasteiger partial charge in [-0.2, -0.15) is 0 Å². The van der Waals surface area contributed by atoms with E-state index in [0.717, 1.165) is 32.6 Å². The van der Waals surface area contributed by atoms with Gasteiger partial charge in [-0.15, -0.1) is 0 Å². The van der Waals surface area contributed by atoms with Gasteiger partial charge < -0.3 is 15.0 Å². The smallest absolute Gasteiger partial charge is 0.0645 e. The molecule has 0 amide bonds. The van der Waals surface area contributed by atoms with Crippen LogP contribution in [0.25, 0.3) is 10.9 Å². The predicted octanol–water partition coefficient (Wildman–Crippen LogP) is 2.57. The van der Waals surface area contributed by atoms with E-state index in [4.69, 9.17) is 10.5 Å². The largest absolute Gasteiger partial charge is 0.380 e. The van der Waals surface area contributed by atoms with Crippen LogP contribution in [-0.4, -0.2) is 24.3 Å². The lowest BCUT2D eigenvalue weighted by molar-refractivity contribution is 0.127. The number of hydrogen-bond acceptors (Lipinski definition) is 2. The zero-order chi connectivity index (χ0) is 12.8. The van der Waals surface area contributed by atoms with Crippen molar-refractivity contribution in [2.45, 2.75) is 26.3 Å². The van der Waals surface area contributed by atoms with Gasteiger partial charge in [-0.1, -0.05) is 19.1 Å². The van der Waals surface area contributed by atoms with Crippen LogP contribution in [0.5, 0.6) is 0 Å². The summed E-state index contributed by atoms with van der Waals surface area (Å²) in [6, 6.07) is 8.72. The molecule has 3 nitrogen and oxygen atoms in total. The number of rotatable bonds is 7. The quantitative estimate of drug-likeness (QED) is 0.763. The van der Waals surface area contributed by atoms with Crippen LogP contribution in [0.15, 0.2) is 30.5 Å². The first-order valence-corrected chi connectivity index (χ1v) is 6.70. The van der Waals surface area contributed by atoms with Crippen LogP contribution in [0.1, 0.15) is 18.9 Å². The molecule has 0 aliphatic heterocycles. The molecule has 0 aliphatic rings. The number of fused-ring (bicyclic) bond motifs is 1. The molecule has 0 fully saturated rings. The van der Waals surface area contributed by atoms with Crippen molar-refractivity contribution in [1.29, 1.82) is 0 Å². The molecule has 0 radical (unpaired) electrons. The molecule has 0 atom stereocenters. The highest BCUT2D eigenvalue weighted by Crippen LogP contribution is 2.18. The molecule has 98 valence electrons. The Morgan fingerprint density at radius 1 is 1.22 bits per heavy atom. The van der Waals surface area contributed by atoms with Gasteiger partial charge in [0.15, 0.2) is 0 Å². The zero-order valence-corrected chi connectivity index (χ0v) is 11.1. The minimum atomic E-state index is 0.700. The highest BCUT2D eigenvalue weighted by molar-refractivity contribution is 5.80. The van der Waals surface area contributed by atoms with E-state index in [1.165, 1.54) is 16.5 Å². The standard InChI is InChI=1S/C15H22N2O/c1-2-10-18-11-9-17-8-6-14-4-3-13(5-7-16)12-15(14)17/h3-4,6,8,12H,2,5,7,9-11,16H2,1H3. The Balaban J connectivity index is 2.09. The molecule has 18 heavy (non-hydrogen) atoms. The first kappa shape index (κ1) is 13.1.